The Morgan fingerprint density at radius 1 is 1.21 bits per heavy atom. The number of carbonyl (C=O) groups excluding carboxylic acids is 1. The third kappa shape index (κ3) is 4.57. The first-order valence-corrected chi connectivity index (χ1v) is 10.0. The lowest BCUT2D eigenvalue weighted by Gasteiger charge is -2.14. The minimum absolute atomic E-state index is 0.0365. The number of ether oxygens (including phenoxy) is 1. The fraction of sp³-hybridized carbons (Fsp3) is 0.273. The van der Waals surface area contributed by atoms with Crippen molar-refractivity contribution >= 4 is 17.7 Å². The normalized spacial score (nSPS) is 11.9. The number of methoxy groups -OCH3 is 1. The summed E-state index contributed by atoms with van der Waals surface area (Å²) < 4.78 is 7.35. The van der Waals surface area contributed by atoms with Crippen LogP contribution in [-0.2, 0) is 11.3 Å². The number of aromatic nitrogens is 2. The van der Waals surface area contributed by atoms with Crippen LogP contribution in [0.3, 0.4) is 0 Å². The number of nitrogens with zero attached hydrogens (tertiary/aromatic N) is 2. The van der Waals surface area contributed by atoms with Crippen molar-refractivity contribution in [3.05, 3.63) is 71.5 Å². The molecular formula is C22H25N3O2S. The molecule has 1 aromatic heterocycles. The summed E-state index contributed by atoms with van der Waals surface area (Å²) in [5.74, 6) is 0.735. The summed E-state index contributed by atoms with van der Waals surface area (Å²) in [6.07, 6.45) is 3.68. The molecule has 146 valence electrons. The van der Waals surface area contributed by atoms with E-state index in [0.717, 1.165) is 22.2 Å². The molecule has 1 amide bonds. The molecule has 0 fully saturated rings. The van der Waals surface area contributed by atoms with Crippen LogP contribution in [0.5, 0.6) is 5.75 Å². The Bertz CT molecular complexity index is 968. The molecule has 0 saturated heterocycles. The fourth-order valence-corrected chi connectivity index (χ4v) is 3.74. The van der Waals surface area contributed by atoms with Gasteiger partial charge in [-0.2, -0.15) is 0 Å². The zero-order chi connectivity index (χ0) is 20.1. The molecule has 0 radical (unpaired) electrons. The molecule has 0 aliphatic rings. The molecule has 0 saturated carbocycles. The lowest BCUT2D eigenvalue weighted by molar-refractivity contribution is -0.120. The van der Waals surface area contributed by atoms with Gasteiger partial charge in [0.05, 0.1) is 12.4 Å². The average molecular weight is 396 g/mol. The number of aryl methyl sites for hydroxylation is 2. The summed E-state index contributed by atoms with van der Waals surface area (Å²) in [6.45, 7) is 6.51. The van der Waals surface area contributed by atoms with Crippen molar-refractivity contribution in [1.82, 2.24) is 14.9 Å². The van der Waals surface area contributed by atoms with Gasteiger partial charge in [-0.05, 0) is 50.1 Å². The number of para-hydroxylation sites is 1. The van der Waals surface area contributed by atoms with Gasteiger partial charge in [0.25, 0.3) is 0 Å². The Kier molecular flexibility index (Phi) is 6.41. The summed E-state index contributed by atoms with van der Waals surface area (Å²) in [5.41, 5.74) is 4.48. The van der Waals surface area contributed by atoms with Crippen molar-refractivity contribution in [1.29, 1.82) is 0 Å². The Morgan fingerprint density at radius 2 is 2.00 bits per heavy atom. The van der Waals surface area contributed by atoms with Crippen LogP contribution < -0.4 is 10.1 Å². The maximum absolute atomic E-state index is 12.6. The van der Waals surface area contributed by atoms with Gasteiger partial charge < -0.3 is 10.1 Å². The van der Waals surface area contributed by atoms with E-state index in [1.165, 1.54) is 22.9 Å². The second kappa shape index (κ2) is 8.97. The monoisotopic (exact) mass is 395 g/mol. The van der Waals surface area contributed by atoms with E-state index in [4.69, 9.17) is 4.74 Å². The number of benzene rings is 2. The average Bonchev–Trinajstić information content (AvgIpc) is 3.16. The predicted octanol–water partition coefficient (Wildman–Crippen LogP) is 4.29. The number of amides is 1. The van der Waals surface area contributed by atoms with Gasteiger partial charge in [-0.1, -0.05) is 36.0 Å². The molecule has 1 atom stereocenters. The quantitative estimate of drug-likeness (QED) is 0.606. The van der Waals surface area contributed by atoms with Crippen molar-refractivity contribution < 1.29 is 9.53 Å². The third-order valence-corrected chi connectivity index (χ3v) is 5.75. The van der Waals surface area contributed by atoms with Crippen LogP contribution in [0.2, 0.25) is 0 Å². The van der Waals surface area contributed by atoms with E-state index in [-0.39, 0.29) is 11.2 Å². The van der Waals surface area contributed by atoms with Crippen molar-refractivity contribution in [2.75, 3.05) is 7.11 Å². The topological polar surface area (TPSA) is 56.1 Å². The summed E-state index contributed by atoms with van der Waals surface area (Å²) in [5, 5.41) is 3.50. The summed E-state index contributed by atoms with van der Waals surface area (Å²) in [7, 11) is 1.63. The summed E-state index contributed by atoms with van der Waals surface area (Å²) in [6, 6.07) is 14.0. The number of nitrogens with one attached hydrogen (secondary N) is 1. The van der Waals surface area contributed by atoms with E-state index in [9.17, 15) is 4.79 Å². The van der Waals surface area contributed by atoms with Gasteiger partial charge in [0, 0.05) is 30.2 Å². The Labute approximate surface area is 170 Å². The first kappa shape index (κ1) is 20.0. The highest BCUT2D eigenvalue weighted by atomic mass is 32.2. The first-order chi connectivity index (χ1) is 13.5. The maximum Gasteiger partial charge on any atom is 0.233 e. The molecule has 0 aliphatic carbocycles. The number of imidazole rings is 1. The zero-order valence-electron chi connectivity index (χ0n) is 16.6. The second-order valence-electron chi connectivity index (χ2n) is 6.64. The van der Waals surface area contributed by atoms with Gasteiger partial charge in [-0.15, -0.1) is 0 Å². The number of hydrogen-bond donors (Lipinski definition) is 1. The van der Waals surface area contributed by atoms with Crippen LogP contribution in [-0.4, -0.2) is 27.8 Å². The van der Waals surface area contributed by atoms with Crippen molar-refractivity contribution in [2.45, 2.75) is 37.7 Å². The molecule has 28 heavy (non-hydrogen) atoms. The van der Waals surface area contributed by atoms with Crippen LogP contribution in [0.1, 0.15) is 23.6 Å². The second-order valence-corrected chi connectivity index (χ2v) is 7.95. The molecule has 5 nitrogen and oxygen atoms in total. The summed E-state index contributed by atoms with van der Waals surface area (Å²) >= 11 is 1.44. The van der Waals surface area contributed by atoms with E-state index in [1.54, 1.807) is 13.3 Å². The molecule has 3 aromatic rings. The van der Waals surface area contributed by atoms with Crippen LogP contribution in [0, 0.1) is 13.8 Å². The van der Waals surface area contributed by atoms with E-state index in [2.05, 4.69) is 42.3 Å². The SMILES string of the molecule is COc1ccccc1CNC(=O)C(C)Sc1nccn1-c1ccc(C)c(C)c1. The van der Waals surface area contributed by atoms with Gasteiger partial charge >= 0.3 is 0 Å². The minimum Gasteiger partial charge on any atom is -0.496 e. The lowest BCUT2D eigenvalue weighted by Crippen LogP contribution is -2.30. The van der Waals surface area contributed by atoms with Crippen LogP contribution in [0.4, 0.5) is 0 Å². The number of hydrogen-bond acceptors (Lipinski definition) is 4. The molecule has 6 heteroatoms. The molecule has 0 bridgehead atoms. The van der Waals surface area contributed by atoms with Crippen LogP contribution in [0.25, 0.3) is 5.69 Å². The number of carbonyl (C=O) groups is 1. The Morgan fingerprint density at radius 3 is 2.75 bits per heavy atom. The first-order valence-electron chi connectivity index (χ1n) is 9.17. The van der Waals surface area contributed by atoms with E-state index in [0.29, 0.717) is 6.54 Å². The largest absolute Gasteiger partial charge is 0.496 e. The molecule has 1 N–H and O–H groups in total. The number of rotatable bonds is 7. The van der Waals surface area contributed by atoms with E-state index < -0.39 is 0 Å². The molecule has 1 unspecified atom stereocenters. The molecule has 0 aliphatic heterocycles. The Hall–Kier alpha value is -2.73. The third-order valence-electron chi connectivity index (χ3n) is 4.67. The highest BCUT2D eigenvalue weighted by molar-refractivity contribution is 8.00. The van der Waals surface area contributed by atoms with Gasteiger partial charge in [-0.25, -0.2) is 4.98 Å². The highest BCUT2D eigenvalue weighted by Gasteiger charge is 2.18. The van der Waals surface area contributed by atoms with E-state index in [1.807, 2.05) is 42.0 Å². The molecule has 0 spiro atoms. The summed E-state index contributed by atoms with van der Waals surface area (Å²) in [4.78, 5) is 17.0. The molecule has 2 aromatic carbocycles. The fourth-order valence-electron chi connectivity index (χ4n) is 2.84. The van der Waals surface area contributed by atoms with Crippen molar-refractivity contribution in [3.8, 4) is 11.4 Å². The van der Waals surface area contributed by atoms with Crippen LogP contribution in [0.15, 0.2) is 60.0 Å². The van der Waals surface area contributed by atoms with Gasteiger partial charge in [0.1, 0.15) is 5.75 Å². The van der Waals surface area contributed by atoms with Gasteiger partial charge in [-0.3, -0.25) is 9.36 Å². The van der Waals surface area contributed by atoms with Crippen LogP contribution >= 0.6 is 11.8 Å². The minimum atomic E-state index is -0.276. The van der Waals surface area contributed by atoms with Gasteiger partial charge in [0.2, 0.25) is 5.91 Å². The maximum atomic E-state index is 12.6. The van der Waals surface area contributed by atoms with E-state index >= 15 is 0 Å². The highest BCUT2D eigenvalue weighted by Crippen LogP contribution is 2.26. The molecule has 1 heterocycles. The standard InChI is InChI=1S/C22H25N3O2S/c1-15-9-10-19(13-16(15)2)25-12-11-23-22(25)28-17(3)21(26)24-14-18-7-5-6-8-20(18)27-4/h5-13,17H,14H2,1-4H3,(H,24,26). The van der Waals surface area contributed by atoms with Crippen molar-refractivity contribution in [2.24, 2.45) is 0 Å². The zero-order valence-corrected chi connectivity index (χ0v) is 17.4. The molecular weight excluding hydrogens is 370 g/mol. The lowest BCUT2D eigenvalue weighted by atomic mass is 10.1. The predicted molar refractivity (Wildman–Crippen MR) is 113 cm³/mol. The van der Waals surface area contributed by atoms with Crippen molar-refractivity contribution in [3.63, 3.8) is 0 Å². The number of thioether (sulfide) groups is 1. The smallest absolute Gasteiger partial charge is 0.233 e. The van der Waals surface area contributed by atoms with Gasteiger partial charge in [0.15, 0.2) is 5.16 Å². The molecule has 3 rings (SSSR count). The Balaban J connectivity index is 1.66.